The number of aromatic amines is 1. The standard InChI is InChI=1S/C16H19N4O10P/c1-9-7-19(16(23)18-15(9)22)14-6-12(21)13(28-14)8-27-31(26,30-17)29-11-4-2-10(3-5-11)20(24)25/h2-5,7,12-14,21H,6,8,17H2,1H3,(H,18,22,23)/q+1/t12-,13+,14+,31?/m0/s1. The predicted molar refractivity (Wildman–Crippen MR) is 103 cm³/mol. The fraction of sp³-hybridized carbons (Fsp3) is 0.375. The van der Waals surface area contributed by atoms with E-state index in [1.54, 1.807) is 0 Å². The minimum Gasteiger partial charge on any atom is -0.390 e. The lowest BCUT2D eigenvalue weighted by molar-refractivity contribution is -0.384. The second-order valence-electron chi connectivity index (χ2n) is 6.60. The number of nitrogens with two attached hydrogens (primary N) is 1. The van der Waals surface area contributed by atoms with Crippen molar-refractivity contribution < 1.29 is 33.3 Å². The summed E-state index contributed by atoms with van der Waals surface area (Å²) < 4.78 is 21.2. The van der Waals surface area contributed by atoms with Crippen LogP contribution in [0, 0.1) is 17.0 Å². The topological polar surface area (TPSA) is 201 Å². The molecule has 1 aliphatic rings. The van der Waals surface area contributed by atoms with Gasteiger partial charge < -0.3 is 9.84 Å². The molecule has 1 aromatic carbocycles. The number of ether oxygens (including phenoxy) is 1. The maximum Gasteiger partial charge on any atom is 0.674 e. The molecular weight excluding hydrogens is 439 g/mol. The molecule has 0 aliphatic carbocycles. The van der Waals surface area contributed by atoms with Crippen LogP contribution in [0.3, 0.4) is 0 Å². The molecule has 1 radical (unpaired) electrons. The predicted octanol–water partition coefficient (Wildman–Crippen LogP) is 0.496. The average molecular weight is 458 g/mol. The molecule has 3 rings (SSSR count). The quantitative estimate of drug-likeness (QED) is 0.284. The number of nitrogens with zero attached hydrogens (tertiary/aromatic N) is 2. The molecule has 167 valence electrons. The molecule has 2 heterocycles. The van der Waals surface area contributed by atoms with Crippen LogP contribution in [0.5, 0.6) is 5.75 Å². The molecular formula is C16H19N4O10P+. The van der Waals surface area contributed by atoms with E-state index in [1.165, 1.54) is 25.3 Å². The van der Waals surface area contributed by atoms with Gasteiger partial charge in [0.25, 0.3) is 11.2 Å². The van der Waals surface area contributed by atoms with Gasteiger partial charge >= 0.3 is 13.9 Å². The van der Waals surface area contributed by atoms with Crippen molar-refractivity contribution in [3.05, 3.63) is 67.0 Å². The number of hydrogen-bond acceptors (Lipinski definition) is 10. The highest BCUT2D eigenvalue weighted by atomic mass is 31.2. The lowest BCUT2D eigenvalue weighted by atomic mass is 10.2. The van der Waals surface area contributed by atoms with Gasteiger partial charge in [-0.05, 0) is 19.1 Å². The van der Waals surface area contributed by atoms with Crippen molar-refractivity contribution in [3.8, 4) is 5.75 Å². The van der Waals surface area contributed by atoms with E-state index in [4.69, 9.17) is 19.7 Å². The summed E-state index contributed by atoms with van der Waals surface area (Å²) in [5.74, 6) is 4.95. The summed E-state index contributed by atoms with van der Waals surface area (Å²) >= 11 is 0. The summed E-state index contributed by atoms with van der Waals surface area (Å²) in [5.41, 5.74) is -1.19. The van der Waals surface area contributed by atoms with Crippen LogP contribution in [-0.2, 0) is 18.8 Å². The Morgan fingerprint density at radius 3 is 2.68 bits per heavy atom. The highest BCUT2D eigenvalue weighted by molar-refractivity contribution is 7.55. The van der Waals surface area contributed by atoms with Crippen LogP contribution >= 0.6 is 8.17 Å². The summed E-state index contributed by atoms with van der Waals surface area (Å²) in [6.07, 6.45) is -1.73. The first-order chi connectivity index (χ1) is 14.6. The van der Waals surface area contributed by atoms with E-state index in [0.717, 1.165) is 16.7 Å². The highest BCUT2D eigenvalue weighted by Gasteiger charge is 2.52. The number of nitro groups is 1. The second-order valence-corrected chi connectivity index (χ2v) is 8.15. The van der Waals surface area contributed by atoms with Crippen LogP contribution in [-0.4, -0.2) is 38.4 Å². The molecule has 0 spiro atoms. The van der Waals surface area contributed by atoms with Gasteiger partial charge in [-0.2, -0.15) is 5.90 Å². The number of nitrogens with one attached hydrogen (secondary N) is 1. The Kier molecular flexibility index (Phi) is 6.81. The first-order valence-corrected chi connectivity index (χ1v) is 10.3. The third kappa shape index (κ3) is 5.32. The smallest absolute Gasteiger partial charge is 0.390 e. The van der Waals surface area contributed by atoms with Crippen molar-refractivity contribution in [2.75, 3.05) is 6.61 Å². The molecule has 0 bridgehead atoms. The second kappa shape index (κ2) is 9.20. The van der Waals surface area contributed by atoms with Gasteiger partial charge in [-0.1, -0.05) is 4.62 Å². The first kappa shape index (κ1) is 23.0. The van der Waals surface area contributed by atoms with E-state index in [-0.39, 0.29) is 23.4 Å². The molecule has 2 aromatic rings. The lowest BCUT2D eigenvalue weighted by Gasteiger charge is -2.17. The number of H-pyrrole nitrogens is 1. The van der Waals surface area contributed by atoms with E-state index in [0.29, 0.717) is 0 Å². The number of rotatable bonds is 8. The lowest BCUT2D eigenvalue weighted by Crippen LogP contribution is -2.33. The molecule has 0 amide bonds. The zero-order valence-electron chi connectivity index (χ0n) is 16.1. The summed E-state index contributed by atoms with van der Waals surface area (Å²) in [5, 5.41) is 20.9. The molecule has 1 aliphatic heterocycles. The molecule has 0 saturated carbocycles. The van der Waals surface area contributed by atoms with Gasteiger partial charge in [0.2, 0.25) is 0 Å². The van der Waals surface area contributed by atoms with Crippen molar-refractivity contribution in [3.63, 3.8) is 0 Å². The average Bonchev–Trinajstić information content (AvgIpc) is 3.10. The largest absolute Gasteiger partial charge is 0.674 e. The Morgan fingerprint density at radius 1 is 1.39 bits per heavy atom. The summed E-state index contributed by atoms with van der Waals surface area (Å²) in [7, 11) is -4.35. The van der Waals surface area contributed by atoms with Crippen molar-refractivity contribution in [1.82, 2.24) is 9.55 Å². The third-order valence-electron chi connectivity index (χ3n) is 4.45. The monoisotopic (exact) mass is 458 g/mol. The maximum atomic E-state index is 12.6. The van der Waals surface area contributed by atoms with E-state index in [1.807, 2.05) is 0 Å². The number of hydrogen-bond donors (Lipinski definition) is 3. The molecule has 1 unspecified atom stereocenters. The van der Waals surface area contributed by atoms with Gasteiger partial charge in [0, 0.05) is 30.3 Å². The Balaban J connectivity index is 1.65. The number of nitro benzene ring substituents is 1. The van der Waals surface area contributed by atoms with Crippen molar-refractivity contribution in [2.45, 2.75) is 31.8 Å². The van der Waals surface area contributed by atoms with Crippen molar-refractivity contribution in [2.24, 2.45) is 5.90 Å². The van der Waals surface area contributed by atoms with E-state index in [2.05, 4.69) is 9.61 Å². The molecule has 4 atom stereocenters. The third-order valence-corrected chi connectivity index (χ3v) is 5.61. The fourth-order valence-corrected chi connectivity index (χ4v) is 3.70. The fourth-order valence-electron chi connectivity index (χ4n) is 2.84. The number of non-ortho nitro benzene ring substituents is 1. The van der Waals surface area contributed by atoms with Crippen LogP contribution < -0.4 is 21.7 Å². The van der Waals surface area contributed by atoms with E-state index >= 15 is 0 Å². The number of benzene rings is 1. The SMILES string of the molecule is Cc1cn([C@H]2C[C@H](O)[C@@H](CO[P+]([O])(ON)Oc3ccc([N+](=O)[O-])cc3)O2)c(=O)[nH]c1=O. The van der Waals surface area contributed by atoms with E-state index in [9.17, 15) is 29.7 Å². The molecule has 14 nitrogen and oxygen atoms in total. The summed E-state index contributed by atoms with van der Waals surface area (Å²) in [4.78, 5) is 48.3. The summed E-state index contributed by atoms with van der Waals surface area (Å²) in [6, 6.07) is 4.59. The van der Waals surface area contributed by atoms with Gasteiger partial charge in [-0.25, -0.2) is 4.79 Å². The van der Waals surface area contributed by atoms with Gasteiger partial charge in [0.05, 0.1) is 15.9 Å². The Hall–Kier alpha value is -2.71. The number of aliphatic hydroxyl groups excluding tert-OH is 1. The van der Waals surface area contributed by atoms with Crippen LogP contribution in [0.2, 0.25) is 0 Å². The molecule has 15 heteroatoms. The van der Waals surface area contributed by atoms with Crippen LogP contribution in [0.25, 0.3) is 0 Å². The maximum absolute atomic E-state index is 12.6. The number of aromatic nitrogens is 2. The van der Waals surface area contributed by atoms with Crippen LogP contribution in [0.15, 0.2) is 40.1 Å². The zero-order valence-corrected chi connectivity index (χ0v) is 17.0. The Bertz CT molecular complexity index is 1060. The normalized spacial score (nSPS) is 22.8. The van der Waals surface area contributed by atoms with Crippen molar-refractivity contribution >= 4 is 13.9 Å². The molecule has 1 fully saturated rings. The molecule has 1 saturated heterocycles. The minimum atomic E-state index is -4.35. The van der Waals surface area contributed by atoms with E-state index < -0.39 is 49.4 Å². The Morgan fingerprint density at radius 2 is 2.06 bits per heavy atom. The van der Waals surface area contributed by atoms with Gasteiger partial charge in [0.15, 0.2) is 5.75 Å². The Labute approximate surface area is 174 Å². The molecule has 31 heavy (non-hydrogen) atoms. The highest BCUT2D eigenvalue weighted by Crippen LogP contribution is 2.57. The van der Waals surface area contributed by atoms with Gasteiger partial charge in [0.1, 0.15) is 18.9 Å². The zero-order chi connectivity index (χ0) is 22.8. The van der Waals surface area contributed by atoms with Crippen molar-refractivity contribution in [1.29, 1.82) is 0 Å². The number of aryl methyl sites for hydroxylation is 1. The summed E-state index contributed by atoms with van der Waals surface area (Å²) in [6.45, 7) is 1.03. The molecule has 1 aromatic heterocycles. The van der Waals surface area contributed by atoms with Gasteiger partial charge in [-0.15, -0.1) is 4.52 Å². The van der Waals surface area contributed by atoms with Gasteiger partial charge in [-0.3, -0.25) is 29.0 Å². The van der Waals surface area contributed by atoms with Crippen LogP contribution in [0.1, 0.15) is 18.2 Å². The molecule has 4 N–H and O–H groups in total. The first-order valence-electron chi connectivity index (χ1n) is 8.84. The number of aliphatic hydroxyl groups is 1. The minimum absolute atomic E-state index is 0.00356. The van der Waals surface area contributed by atoms with Crippen LogP contribution in [0.4, 0.5) is 5.69 Å².